The van der Waals surface area contributed by atoms with Crippen LogP contribution in [0.5, 0.6) is 5.75 Å². The van der Waals surface area contributed by atoms with Gasteiger partial charge in [0.15, 0.2) is 0 Å². The second-order valence-corrected chi connectivity index (χ2v) is 7.96. The van der Waals surface area contributed by atoms with Crippen molar-refractivity contribution >= 4 is 5.91 Å². The summed E-state index contributed by atoms with van der Waals surface area (Å²) in [7, 11) is 3.87. The van der Waals surface area contributed by atoms with E-state index in [-0.39, 0.29) is 5.91 Å². The lowest BCUT2D eigenvalue weighted by Gasteiger charge is -2.41. The average molecular weight is 360 g/mol. The zero-order valence-electron chi connectivity index (χ0n) is 16.5. The fraction of sp³-hybridized carbons (Fsp3) is 0.667. The summed E-state index contributed by atoms with van der Waals surface area (Å²) >= 11 is 0. The van der Waals surface area contributed by atoms with E-state index in [0.717, 1.165) is 43.2 Å². The minimum atomic E-state index is 0.251. The van der Waals surface area contributed by atoms with Crippen molar-refractivity contribution < 1.29 is 9.53 Å². The average Bonchev–Trinajstić information content (AvgIpc) is 2.65. The van der Waals surface area contributed by atoms with Crippen LogP contribution in [0.15, 0.2) is 24.3 Å². The fourth-order valence-electron chi connectivity index (χ4n) is 4.17. The first-order valence-electron chi connectivity index (χ1n) is 9.88. The first kappa shape index (κ1) is 19.2. The lowest BCUT2D eigenvalue weighted by Crippen LogP contribution is -2.52. The van der Waals surface area contributed by atoms with Crippen molar-refractivity contribution in [1.82, 2.24) is 14.7 Å². The SMILES string of the molecule is COc1ccc(CC(=O)N2CCC(CN3CCN(C)C[C@@H]3C)CC2)cc1. The van der Waals surface area contributed by atoms with Crippen LogP contribution in [0.25, 0.3) is 0 Å². The van der Waals surface area contributed by atoms with E-state index >= 15 is 0 Å². The van der Waals surface area contributed by atoms with Crippen molar-refractivity contribution in [1.29, 1.82) is 0 Å². The maximum Gasteiger partial charge on any atom is 0.226 e. The number of ether oxygens (including phenoxy) is 1. The Hall–Kier alpha value is -1.59. The number of carbonyl (C=O) groups excluding carboxylic acids is 1. The van der Waals surface area contributed by atoms with Crippen molar-refractivity contribution in [2.45, 2.75) is 32.2 Å². The summed E-state index contributed by atoms with van der Waals surface area (Å²) in [6.45, 7) is 8.85. The molecule has 5 nitrogen and oxygen atoms in total. The van der Waals surface area contributed by atoms with Gasteiger partial charge in [0.2, 0.25) is 5.91 Å². The Bertz CT molecular complexity index is 581. The molecule has 1 amide bonds. The third-order valence-corrected chi connectivity index (χ3v) is 5.94. The lowest BCUT2D eigenvalue weighted by atomic mass is 9.94. The van der Waals surface area contributed by atoms with Crippen LogP contribution in [0.4, 0.5) is 0 Å². The van der Waals surface area contributed by atoms with E-state index in [2.05, 4.69) is 23.8 Å². The van der Waals surface area contributed by atoms with Gasteiger partial charge in [-0.25, -0.2) is 0 Å². The molecule has 26 heavy (non-hydrogen) atoms. The molecule has 2 aliphatic rings. The van der Waals surface area contributed by atoms with Crippen molar-refractivity contribution in [3.05, 3.63) is 29.8 Å². The van der Waals surface area contributed by atoms with E-state index in [9.17, 15) is 4.79 Å². The highest BCUT2D eigenvalue weighted by Crippen LogP contribution is 2.22. The van der Waals surface area contributed by atoms with Gasteiger partial charge in [-0.2, -0.15) is 0 Å². The minimum absolute atomic E-state index is 0.251. The van der Waals surface area contributed by atoms with Gasteiger partial charge in [0.05, 0.1) is 13.5 Å². The van der Waals surface area contributed by atoms with Gasteiger partial charge in [-0.05, 0) is 50.4 Å². The van der Waals surface area contributed by atoms with Crippen molar-refractivity contribution in [3.63, 3.8) is 0 Å². The van der Waals surface area contributed by atoms with Gasteiger partial charge in [-0.1, -0.05) is 12.1 Å². The van der Waals surface area contributed by atoms with Crippen molar-refractivity contribution in [2.24, 2.45) is 5.92 Å². The molecule has 0 bridgehead atoms. The fourth-order valence-corrected chi connectivity index (χ4v) is 4.17. The highest BCUT2D eigenvalue weighted by Gasteiger charge is 2.27. The van der Waals surface area contributed by atoms with Gasteiger partial charge in [0.1, 0.15) is 5.75 Å². The highest BCUT2D eigenvalue weighted by atomic mass is 16.5. The molecule has 0 spiro atoms. The van der Waals surface area contributed by atoms with Gasteiger partial charge < -0.3 is 14.5 Å². The summed E-state index contributed by atoms with van der Waals surface area (Å²) in [4.78, 5) is 19.7. The molecule has 2 saturated heterocycles. The molecule has 3 rings (SSSR count). The van der Waals surface area contributed by atoms with E-state index in [4.69, 9.17) is 4.74 Å². The van der Waals surface area contributed by atoms with Gasteiger partial charge in [-0.15, -0.1) is 0 Å². The smallest absolute Gasteiger partial charge is 0.226 e. The van der Waals surface area contributed by atoms with Crippen LogP contribution in [0.2, 0.25) is 0 Å². The zero-order chi connectivity index (χ0) is 18.5. The number of piperidine rings is 1. The predicted molar refractivity (Wildman–Crippen MR) is 105 cm³/mol. The van der Waals surface area contributed by atoms with Crippen LogP contribution >= 0.6 is 0 Å². The number of carbonyl (C=O) groups is 1. The first-order valence-corrected chi connectivity index (χ1v) is 9.88. The Morgan fingerprint density at radius 3 is 2.42 bits per heavy atom. The molecule has 0 aromatic heterocycles. The zero-order valence-corrected chi connectivity index (χ0v) is 16.5. The van der Waals surface area contributed by atoms with E-state index in [0.29, 0.717) is 12.5 Å². The lowest BCUT2D eigenvalue weighted by molar-refractivity contribution is -0.132. The highest BCUT2D eigenvalue weighted by molar-refractivity contribution is 5.78. The minimum Gasteiger partial charge on any atom is -0.497 e. The summed E-state index contributed by atoms with van der Waals surface area (Å²) < 4.78 is 5.18. The number of hydrogen-bond donors (Lipinski definition) is 0. The number of benzene rings is 1. The molecule has 0 aliphatic carbocycles. The number of nitrogens with zero attached hydrogens (tertiary/aromatic N) is 3. The second kappa shape index (κ2) is 8.87. The van der Waals surface area contributed by atoms with Crippen LogP contribution in [0.3, 0.4) is 0 Å². The number of likely N-dealkylation sites (tertiary alicyclic amines) is 1. The van der Waals surface area contributed by atoms with E-state index in [1.54, 1.807) is 7.11 Å². The third-order valence-electron chi connectivity index (χ3n) is 5.94. The number of methoxy groups -OCH3 is 1. The Kier molecular flexibility index (Phi) is 6.54. The van der Waals surface area contributed by atoms with Crippen LogP contribution in [-0.2, 0) is 11.2 Å². The molecule has 5 heteroatoms. The molecular weight excluding hydrogens is 326 g/mol. The van der Waals surface area contributed by atoms with Gasteiger partial charge in [0.25, 0.3) is 0 Å². The maximum atomic E-state index is 12.6. The molecule has 0 N–H and O–H groups in total. The molecule has 1 aromatic carbocycles. The van der Waals surface area contributed by atoms with E-state index in [1.807, 2.05) is 29.2 Å². The van der Waals surface area contributed by atoms with Crippen molar-refractivity contribution in [3.8, 4) is 5.75 Å². The number of hydrogen-bond acceptors (Lipinski definition) is 4. The summed E-state index contributed by atoms with van der Waals surface area (Å²) in [5.41, 5.74) is 1.06. The maximum absolute atomic E-state index is 12.6. The Morgan fingerprint density at radius 2 is 1.81 bits per heavy atom. The Labute approximate surface area is 157 Å². The quantitative estimate of drug-likeness (QED) is 0.807. The molecular formula is C21H33N3O2. The summed E-state index contributed by atoms with van der Waals surface area (Å²) in [6, 6.07) is 8.46. The molecule has 1 atom stereocenters. The second-order valence-electron chi connectivity index (χ2n) is 7.96. The first-order chi connectivity index (χ1) is 12.5. The van der Waals surface area contributed by atoms with Crippen LogP contribution in [0.1, 0.15) is 25.3 Å². The summed E-state index contributed by atoms with van der Waals surface area (Å²) in [5.74, 6) is 1.81. The number of likely N-dealkylation sites (N-methyl/N-ethyl adjacent to an activating group) is 1. The number of piperazine rings is 1. The molecule has 1 aromatic rings. The monoisotopic (exact) mass is 359 g/mol. The molecule has 0 radical (unpaired) electrons. The van der Waals surface area contributed by atoms with Crippen LogP contribution in [-0.4, -0.2) is 80.1 Å². The van der Waals surface area contributed by atoms with Crippen LogP contribution in [0, 0.1) is 5.92 Å². The molecule has 0 saturated carbocycles. The summed E-state index contributed by atoms with van der Waals surface area (Å²) in [5, 5.41) is 0. The Morgan fingerprint density at radius 1 is 1.12 bits per heavy atom. The van der Waals surface area contributed by atoms with Gasteiger partial charge in [-0.3, -0.25) is 9.69 Å². The third kappa shape index (κ3) is 4.98. The molecule has 144 valence electrons. The number of rotatable bonds is 5. The Balaban J connectivity index is 1.43. The standard InChI is InChI=1S/C21H33N3O2/c1-17-15-22(2)12-13-24(17)16-19-8-10-23(11-9-19)21(25)14-18-4-6-20(26-3)7-5-18/h4-7,17,19H,8-16H2,1-3H3/t17-/m0/s1. The van der Waals surface area contributed by atoms with Crippen LogP contribution < -0.4 is 4.74 Å². The largest absolute Gasteiger partial charge is 0.497 e. The topological polar surface area (TPSA) is 36.0 Å². The summed E-state index contributed by atoms with van der Waals surface area (Å²) in [6.07, 6.45) is 2.75. The normalized spacial score (nSPS) is 23.2. The van der Waals surface area contributed by atoms with Gasteiger partial charge >= 0.3 is 0 Å². The molecule has 2 heterocycles. The molecule has 2 aliphatic heterocycles. The predicted octanol–water partition coefficient (Wildman–Crippen LogP) is 2.11. The molecule has 0 unspecified atom stereocenters. The van der Waals surface area contributed by atoms with E-state index in [1.165, 1.54) is 26.2 Å². The number of amides is 1. The molecule has 2 fully saturated rings. The van der Waals surface area contributed by atoms with E-state index < -0.39 is 0 Å². The van der Waals surface area contributed by atoms with Crippen molar-refractivity contribution in [2.75, 3.05) is 53.4 Å². The van der Waals surface area contributed by atoms with Gasteiger partial charge in [0, 0.05) is 45.3 Å².